The first kappa shape index (κ1) is 36.1. The summed E-state index contributed by atoms with van der Waals surface area (Å²) in [6.45, 7) is 4.78. The van der Waals surface area contributed by atoms with Crippen molar-refractivity contribution >= 4 is 62.3 Å². The van der Waals surface area contributed by atoms with Crippen LogP contribution in [0.2, 0.25) is 15.1 Å². The van der Waals surface area contributed by atoms with Gasteiger partial charge in [0, 0.05) is 23.5 Å². The number of hydrogen-bond donors (Lipinski definition) is 1. The highest BCUT2D eigenvalue weighted by molar-refractivity contribution is 7.92. The Morgan fingerprint density at radius 3 is 2.06 bits per heavy atom. The van der Waals surface area contributed by atoms with Gasteiger partial charge in [0.05, 0.1) is 27.7 Å². The average Bonchev–Trinajstić information content (AvgIpc) is 3.03. The molecule has 2 amide bonds. The van der Waals surface area contributed by atoms with E-state index in [1.165, 1.54) is 36.3 Å². The Balaban J connectivity index is 1.87. The van der Waals surface area contributed by atoms with E-state index in [-0.39, 0.29) is 39.3 Å². The second kappa shape index (κ2) is 15.4. The molecule has 248 valence electrons. The van der Waals surface area contributed by atoms with Crippen LogP contribution in [0.5, 0.6) is 5.75 Å². The van der Waals surface area contributed by atoms with E-state index < -0.39 is 40.0 Å². The number of sulfonamides is 1. The molecule has 8 nitrogen and oxygen atoms in total. The molecule has 0 aromatic heterocycles. The summed E-state index contributed by atoms with van der Waals surface area (Å²) in [6, 6.07) is 25.4. The van der Waals surface area contributed by atoms with E-state index in [4.69, 9.17) is 39.5 Å². The van der Waals surface area contributed by atoms with Crippen LogP contribution in [0.15, 0.2) is 102 Å². The van der Waals surface area contributed by atoms with Gasteiger partial charge in [0.1, 0.15) is 18.3 Å². The first-order chi connectivity index (χ1) is 22.2. The van der Waals surface area contributed by atoms with Gasteiger partial charge in [-0.3, -0.25) is 13.9 Å². The number of ether oxygens (including phenoxy) is 1. The highest BCUT2D eigenvalue weighted by Crippen LogP contribution is 2.35. The second-order valence-corrected chi connectivity index (χ2v) is 15.0. The molecule has 0 saturated carbocycles. The van der Waals surface area contributed by atoms with Crippen molar-refractivity contribution < 1.29 is 22.7 Å². The lowest BCUT2D eigenvalue weighted by Crippen LogP contribution is -2.56. The minimum Gasteiger partial charge on any atom is -0.495 e. The van der Waals surface area contributed by atoms with Gasteiger partial charge < -0.3 is 15.0 Å². The van der Waals surface area contributed by atoms with Gasteiger partial charge >= 0.3 is 0 Å². The molecule has 1 atom stereocenters. The Kier molecular flexibility index (Phi) is 11.8. The van der Waals surface area contributed by atoms with E-state index in [0.717, 1.165) is 9.87 Å². The molecule has 4 aromatic carbocycles. The number of hydrogen-bond acceptors (Lipinski definition) is 5. The van der Waals surface area contributed by atoms with Gasteiger partial charge in [-0.15, -0.1) is 0 Å². The predicted octanol–water partition coefficient (Wildman–Crippen LogP) is 7.41. The molecule has 0 radical (unpaired) electrons. The van der Waals surface area contributed by atoms with E-state index in [0.29, 0.717) is 10.6 Å². The first-order valence-corrected chi connectivity index (χ1v) is 17.3. The fraction of sp³-hybridized carbons (Fsp3) is 0.257. The van der Waals surface area contributed by atoms with Crippen molar-refractivity contribution in [3.05, 3.63) is 123 Å². The van der Waals surface area contributed by atoms with Crippen LogP contribution in [-0.4, -0.2) is 50.4 Å². The van der Waals surface area contributed by atoms with E-state index in [1.54, 1.807) is 42.5 Å². The molecule has 0 bridgehead atoms. The number of nitrogens with one attached hydrogen (secondary N) is 1. The molecule has 4 aromatic rings. The van der Waals surface area contributed by atoms with Crippen LogP contribution in [0.1, 0.15) is 31.9 Å². The first-order valence-electron chi connectivity index (χ1n) is 14.7. The number of nitrogens with zero attached hydrogens (tertiary/aromatic N) is 2. The van der Waals surface area contributed by atoms with Gasteiger partial charge in [-0.05, 0) is 74.4 Å². The lowest BCUT2D eigenvalue weighted by Gasteiger charge is -2.35. The third-order valence-electron chi connectivity index (χ3n) is 7.13. The Labute approximate surface area is 291 Å². The molecule has 0 saturated heterocycles. The molecule has 0 fully saturated rings. The molecule has 0 spiro atoms. The summed E-state index contributed by atoms with van der Waals surface area (Å²) in [5.74, 6) is -0.876. The standard InChI is InChI=1S/C35H36Cl3N3O5S/c1-35(2,3)39-34(43)31(20-24-11-7-5-8-12-24)40(22-25-15-17-28(37)29(38)19-25)33(42)23-41(30-21-26(36)16-18-32(30)46-4)47(44,45)27-13-9-6-10-14-27/h5-19,21,31H,20,22-23H2,1-4H3,(H,39,43). The summed E-state index contributed by atoms with van der Waals surface area (Å²) in [6.07, 6.45) is 0.155. The topological polar surface area (TPSA) is 96.0 Å². The molecular weight excluding hydrogens is 681 g/mol. The Morgan fingerprint density at radius 2 is 1.47 bits per heavy atom. The summed E-state index contributed by atoms with van der Waals surface area (Å²) in [5.41, 5.74) is 0.831. The summed E-state index contributed by atoms with van der Waals surface area (Å²) in [7, 11) is -2.95. The van der Waals surface area contributed by atoms with Crippen molar-refractivity contribution in [3.63, 3.8) is 0 Å². The minimum atomic E-state index is -4.34. The van der Waals surface area contributed by atoms with E-state index in [2.05, 4.69) is 5.32 Å². The number of anilines is 1. The van der Waals surface area contributed by atoms with E-state index in [1.807, 2.05) is 51.1 Å². The van der Waals surface area contributed by atoms with Crippen molar-refractivity contribution in [1.29, 1.82) is 0 Å². The van der Waals surface area contributed by atoms with Crippen LogP contribution >= 0.6 is 34.8 Å². The number of carbonyl (C=O) groups excluding carboxylic acids is 2. The third-order valence-corrected chi connectivity index (χ3v) is 9.87. The molecule has 0 aliphatic rings. The predicted molar refractivity (Wildman–Crippen MR) is 188 cm³/mol. The van der Waals surface area contributed by atoms with Crippen molar-refractivity contribution in [2.24, 2.45) is 0 Å². The molecule has 1 N–H and O–H groups in total. The van der Waals surface area contributed by atoms with Crippen LogP contribution < -0.4 is 14.4 Å². The quantitative estimate of drug-likeness (QED) is 0.165. The van der Waals surface area contributed by atoms with Gasteiger partial charge in [0.15, 0.2) is 0 Å². The van der Waals surface area contributed by atoms with Gasteiger partial charge in [-0.25, -0.2) is 8.42 Å². The van der Waals surface area contributed by atoms with Crippen LogP contribution in [0, 0.1) is 0 Å². The largest absolute Gasteiger partial charge is 0.495 e. The molecular formula is C35H36Cl3N3O5S. The van der Waals surface area contributed by atoms with E-state index in [9.17, 15) is 18.0 Å². The fourth-order valence-electron chi connectivity index (χ4n) is 4.93. The molecule has 4 rings (SSSR count). The van der Waals surface area contributed by atoms with Crippen molar-refractivity contribution in [1.82, 2.24) is 10.2 Å². The zero-order valence-electron chi connectivity index (χ0n) is 26.4. The molecule has 47 heavy (non-hydrogen) atoms. The number of halogens is 3. The Morgan fingerprint density at radius 1 is 0.830 bits per heavy atom. The maximum Gasteiger partial charge on any atom is 0.264 e. The Hall–Kier alpha value is -3.76. The monoisotopic (exact) mass is 715 g/mol. The molecule has 1 unspecified atom stereocenters. The SMILES string of the molecule is COc1ccc(Cl)cc1N(CC(=O)N(Cc1ccc(Cl)c(Cl)c1)C(Cc1ccccc1)C(=O)NC(C)(C)C)S(=O)(=O)c1ccccc1. The van der Waals surface area contributed by atoms with Gasteiger partial charge in [-0.1, -0.05) is 89.4 Å². The van der Waals surface area contributed by atoms with Gasteiger partial charge in [0.25, 0.3) is 10.0 Å². The highest BCUT2D eigenvalue weighted by atomic mass is 35.5. The third kappa shape index (κ3) is 9.41. The lowest BCUT2D eigenvalue weighted by atomic mass is 10.0. The van der Waals surface area contributed by atoms with Crippen LogP contribution in [-0.2, 0) is 32.6 Å². The van der Waals surface area contributed by atoms with Gasteiger partial charge in [0.2, 0.25) is 11.8 Å². The summed E-state index contributed by atoms with van der Waals surface area (Å²) >= 11 is 18.9. The zero-order chi connectivity index (χ0) is 34.4. The van der Waals surface area contributed by atoms with Crippen LogP contribution in [0.4, 0.5) is 5.69 Å². The van der Waals surface area contributed by atoms with Crippen molar-refractivity contribution in [2.75, 3.05) is 18.0 Å². The molecule has 0 heterocycles. The smallest absolute Gasteiger partial charge is 0.264 e. The normalized spacial score (nSPS) is 12.2. The average molecular weight is 717 g/mol. The number of amides is 2. The second-order valence-electron chi connectivity index (χ2n) is 11.9. The number of methoxy groups -OCH3 is 1. The van der Waals surface area contributed by atoms with Crippen molar-refractivity contribution in [3.8, 4) is 5.75 Å². The highest BCUT2D eigenvalue weighted by Gasteiger charge is 2.36. The van der Waals surface area contributed by atoms with Crippen LogP contribution in [0.25, 0.3) is 0 Å². The summed E-state index contributed by atoms with van der Waals surface area (Å²) < 4.78 is 34.9. The molecule has 0 aliphatic heterocycles. The molecule has 0 aliphatic carbocycles. The maximum absolute atomic E-state index is 14.7. The molecule has 12 heteroatoms. The van der Waals surface area contributed by atoms with E-state index >= 15 is 0 Å². The maximum atomic E-state index is 14.7. The Bertz CT molecular complexity index is 1820. The number of benzene rings is 4. The fourth-order valence-corrected chi connectivity index (χ4v) is 6.86. The summed E-state index contributed by atoms with van der Waals surface area (Å²) in [4.78, 5) is 30.0. The van der Waals surface area contributed by atoms with Crippen molar-refractivity contribution in [2.45, 2.75) is 50.2 Å². The lowest BCUT2D eigenvalue weighted by molar-refractivity contribution is -0.140. The van der Waals surface area contributed by atoms with Crippen LogP contribution in [0.3, 0.4) is 0 Å². The number of carbonyl (C=O) groups is 2. The zero-order valence-corrected chi connectivity index (χ0v) is 29.5. The number of rotatable bonds is 12. The minimum absolute atomic E-state index is 0.0443. The van der Waals surface area contributed by atoms with Gasteiger partial charge in [-0.2, -0.15) is 0 Å². The summed E-state index contributed by atoms with van der Waals surface area (Å²) in [5, 5.41) is 3.83.